The summed E-state index contributed by atoms with van der Waals surface area (Å²) in [7, 11) is 0. The molecule has 1 fully saturated rings. The summed E-state index contributed by atoms with van der Waals surface area (Å²) in [6, 6.07) is 8.25. The van der Waals surface area contributed by atoms with Crippen molar-refractivity contribution in [3.05, 3.63) is 46.1 Å². The van der Waals surface area contributed by atoms with Crippen molar-refractivity contribution in [2.24, 2.45) is 11.7 Å². The molecule has 3 N–H and O–H groups in total. The van der Waals surface area contributed by atoms with Gasteiger partial charge in [-0.25, -0.2) is 4.98 Å². The van der Waals surface area contributed by atoms with Crippen molar-refractivity contribution in [1.29, 1.82) is 0 Å². The maximum atomic E-state index is 11.5. The molecular formula is C19H23N5O2S. The van der Waals surface area contributed by atoms with Crippen molar-refractivity contribution in [1.82, 2.24) is 19.5 Å². The van der Waals surface area contributed by atoms with Crippen LogP contribution < -0.4 is 5.73 Å². The van der Waals surface area contributed by atoms with E-state index in [0.717, 1.165) is 36.4 Å². The Morgan fingerprint density at radius 3 is 2.52 bits per heavy atom. The highest BCUT2D eigenvalue weighted by molar-refractivity contribution is 7.17. The third-order valence-corrected chi connectivity index (χ3v) is 6.32. The van der Waals surface area contributed by atoms with Crippen LogP contribution in [0.5, 0.6) is 5.88 Å². The molecule has 3 aromatic rings. The van der Waals surface area contributed by atoms with Gasteiger partial charge in [0.15, 0.2) is 0 Å². The van der Waals surface area contributed by atoms with Crippen LogP contribution in [0.15, 0.2) is 24.3 Å². The second kappa shape index (κ2) is 6.94. The normalized spacial score (nSPS) is 17.4. The van der Waals surface area contributed by atoms with Crippen LogP contribution in [0.25, 0.3) is 4.96 Å². The van der Waals surface area contributed by atoms with Crippen LogP contribution in [0.3, 0.4) is 0 Å². The molecule has 0 aliphatic carbocycles. The number of nitrogens with two attached hydrogens (primary N) is 1. The predicted molar refractivity (Wildman–Crippen MR) is 104 cm³/mol. The molecule has 1 aliphatic heterocycles. The van der Waals surface area contributed by atoms with Gasteiger partial charge in [0, 0.05) is 5.92 Å². The number of primary amides is 1. The first kappa shape index (κ1) is 17.9. The van der Waals surface area contributed by atoms with Gasteiger partial charge in [-0.15, -0.1) is 5.10 Å². The predicted octanol–water partition coefficient (Wildman–Crippen LogP) is 2.40. The third kappa shape index (κ3) is 3.30. The van der Waals surface area contributed by atoms with E-state index in [9.17, 15) is 9.90 Å². The number of hydrogen-bond donors (Lipinski definition) is 2. The lowest BCUT2D eigenvalue weighted by atomic mass is 9.93. The number of fused-ring (bicyclic) bond motifs is 1. The lowest BCUT2D eigenvalue weighted by Gasteiger charge is -2.36. The lowest BCUT2D eigenvalue weighted by Crippen LogP contribution is -2.40. The summed E-state index contributed by atoms with van der Waals surface area (Å²) in [5, 5.41) is 15.1. The average Bonchev–Trinajstić information content (AvgIpc) is 3.15. The Labute approximate surface area is 161 Å². The fourth-order valence-electron chi connectivity index (χ4n) is 3.75. The summed E-state index contributed by atoms with van der Waals surface area (Å²) in [4.78, 5) is 19.7. The summed E-state index contributed by atoms with van der Waals surface area (Å²) >= 11 is 1.46. The van der Waals surface area contributed by atoms with Gasteiger partial charge < -0.3 is 10.8 Å². The van der Waals surface area contributed by atoms with Gasteiger partial charge in [-0.1, -0.05) is 41.2 Å². The van der Waals surface area contributed by atoms with E-state index in [1.54, 1.807) is 0 Å². The molecule has 4 rings (SSSR count). The highest BCUT2D eigenvalue weighted by Crippen LogP contribution is 2.41. The Bertz CT molecular complexity index is 970. The number of nitrogens with zero attached hydrogens (tertiary/aromatic N) is 4. The van der Waals surface area contributed by atoms with Crippen molar-refractivity contribution >= 4 is 22.2 Å². The van der Waals surface area contributed by atoms with Crippen LogP contribution in [0.4, 0.5) is 0 Å². The number of piperidine rings is 1. The van der Waals surface area contributed by atoms with Gasteiger partial charge >= 0.3 is 0 Å². The molecule has 0 radical (unpaired) electrons. The first-order valence-corrected chi connectivity index (χ1v) is 9.90. The Balaban J connectivity index is 1.74. The van der Waals surface area contributed by atoms with E-state index >= 15 is 0 Å². The number of hydrogen-bond acceptors (Lipinski definition) is 6. The van der Waals surface area contributed by atoms with Crippen molar-refractivity contribution in [3.63, 3.8) is 0 Å². The Hall–Kier alpha value is -2.45. The summed E-state index contributed by atoms with van der Waals surface area (Å²) in [6.07, 6.45) is 1.47. The van der Waals surface area contributed by atoms with Crippen molar-refractivity contribution in [3.8, 4) is 5.88 Å². The van der Waals surface area contributed by atoms with Crippen LogP contribution in [0, 0.1) is 19.8 Å². The lowest BCUT2D eigenvalue weighted by molar-refractivity contribution is -0.123. The largest absolute Gasteiger partial charge is 0.492 e. The molecule has 27 heavy (non-hydrogen) atoms. The second-order valence-electron chi connectivity index (χ2n) is 7.17. The summed E-state index contributed by atoms with van der Waals surface area (Å²) in [5.74, 6) is 0.479. The molecule has 2 aromatic heterocycles. The van der Waals surface area contributed by atoms with E-state index in [-0.39, 0.29) is 23.7 Å². The molecule has 0 saturated carbocycles. The third-order valence-electron chi connectivity index (χ3n) is 5.24. The molecule has 1 saturated heterocycles. The molecule has 1 aromatic carbocycles. The average molecular weight is 385 g/mol. The number of aromatic nitrogens is 3. The summed E-state index contributed by atoms with van der Waals surface area (Å²) in [6.45, 7) is 5.36. The zero-order valence-electron chi connectivity index (χ0n) is 15.4. The standard InChI is InChI=1S/C19H23N5O2S/c1-11-3-5-13(6-4-11)15(23-9-7-14(8-10-23)17(20)25)16-18(26)24-19(27-16)21-12(2)22-24/h3-6,14-15,26H,7-10H2,1-2H3,(H2,20,25)/t15-/m0/s1. The number of rotatable bonds is 4. The van der Waals surface area contributed by atoms with E-state index < -0.39 is 0 Å². The Kier molecular flexibility index (Phi) is 4.61. The van der Waals surface area contributed by atoms with Gasteiger partial charge in [0.1, 0.15) is 5.82 Å². The highest BCUT2D eigenvalue weighted by atomic mass is 32.1. The van der Waals surface area contributed by atoms with Crippen molar-refractivity contribution in [2.75, 3.05) is 13.1 Å². The monoisotopic (exact) mass is 385 g/mol. The smallest absolute Gasteiger partial charge is 0.230 e. The summed E-state index contributed by atoms with van der Waals surface area (Å²) < 4.78 is 1.51. The molecule has 0 spiro atoms. The molecular weight excluding hydrogens is 362 g/mol. The maximum Gasteiger partial charge on any atom is 0.230 e. The van der Waals surface area contributed by atoms with Crippen LogP contribution in [-0.2, 0) is 4.79 Å². The van der Waals surface area contributed by atoms with Crippen LogP contribution in [0.2, 0.25) is 0 Å². The van der Waals surface area contributed by atoms with Gasteiger partial charge in [0.2, 0.25) is 16.7 Å². The fraction of sp³-hybridized carbons (Fsp3) is 0.421. The minimum atomic E-state index is -0.223. The van der Waals surface area contributed by atoms with Crippen molar-refractivity contribution < 1.29 is 9.90 Å². The molecule has 8 heteroatoms. The zero-order valence-corrected chi connectivity index (χ0v) is 16.2. The molecule has 142 valence electrons. The maximum absolute atomic E-state index is 11.5. The van der Waals surface area contributed by atoms with Crippen LogP contribution in [0.1, 0.15) is 40.7 Å². The molecule has 1 atom stereocenters. The summed E-state index contributed by atoms with van der Waals surface area (Å²) in [5.41, 5.74) is 7.78. The molecule has 1 aliphatic rings. The van der Waals surface area contributed by atoms with Crippen molar-refractivity contribution in [2.45, 2.75) is 32.7 Å². The van der Waals surface area contributed by atoms with Gasteiger partial charge in [0.25, 0.3) is 0 Å². The Morgan fingerprint density at radius 2 is 1.93 bits per heavy atom. The second-order valence-corrected chi connectivity index (χ2v) is 8.18. The van der Waals surface area contributed by atoms with E-state index in [4.69, 9.17) is 5.73 Å². The Morgan fingerprint density at radius 1 is 1.26 bits per heavy atom. The number of amides is 1. The van der Waals surface area contributed by atoms with E-state index in [0.29, 0.717) is 10.8 Å². The van der Waals surface area contributed by atoms with Gasteiger partial charge in [-0.2, -0.15) is 4.52 Å². The van der Waals surface area contributed by atoms with Crippen LogP contribution in [-0.4, -0.2) is 43.6 Å². The molecule has 0 bridgehead atoms. The highest BCUT2D eigenvalue weighted by Gasteiger charge is 2.33. The molecule has 7 nitrogen and oxygen atoms in total. The molecule has 0 unspecified atom stereocenters. The number of carbonyl (C=O) groups excluding carboxylic acids is 1. The van der Waals surface area contributed by atoms with E-state index in [1.165, 1.54) is 21.4 Å². The van der Waals surface area contributed by atoms with E-state index in [2.05, 4.69) is 46.2 Å². The number of thiazole rings is 1. The molecule has 3 heterocycles. The number of likely N-dealkylation sites (tertiary alicyclic amines) is 1. The first-order chi connectivity index (χ1) is 12.9. The van der Waals surface area contributed by atoms with E-state index in [1.807, 2.05) is 6.92 Å². The number of carbonyl (C=O) groups is 1. The van der Waals surface area contributed by atoms with Crippen LogP contribution >= 0.6 is 11.3 Å². The van der Waals surface area contributed by atoms with Gasteiger partial charge in [-0.05, 0) is 45.3 Å². The van der Waals surface area contributed by atoms with Gasteiger partial charge in [-0.3, -0.25) is 9.69 Å². The SMILES string of the molecule is Cc1ccc([C@@H](c2sc3nc(C)nn3c2O)N2CCC(C(N)=O)CC2)cc1. The molecule has 1 amide bonds. The topological polar surface area (TPSA) is 96.8 Å². The van der Waals surface area contributed by atoms with Gasteiger partial charge in [0.05, 0.1) is 10.9 Å². The zero-order chi connectivity index (χ0) is 19.1. The quantitative estimate of drug-likeness (QED) is 0.719. The number of aryl methyl sites for hydroxylation is 2. The fourth-order valence-corrected chi connectivity index (χ4v) is 4.91. The minimum absolute atomic E-state index is 0.0709. The number of aromatic hydroxyl groups is 1. The number of benzene rings is 1. The minimum Gasteiger partial charge on any atom is -0.492 e. The first-order valence-electron chi connectivity index (χ1n) is 9.09.